The van der Waals surface area contributed by atoms with Crippen molar-refractivity contribution in [3.05, 3.63) is 54.2 Å². The molecular formula is C20H28Cl2N4O. The smallest absolute Gasteiger partial charge is 0.255 e. The highest BCUT2D eigenvalue weighted by Gasteiger charge is 2.26. The average molecular weight is 411 g/mol. The number of hydrogen-bond acceptors (Lipinski definition) is 4. The monoisotopic (exact) mass is 410 g/mol. The van der Waals surface area contributed by atoms with Gasteiger partial charge in [-0.2, -0.15) is 0 Å². The van der Waals surface area contributed by atoms with Crippen LogP contribution in [-0.2, 0) is 0 Å². The molecule has 0 radical (unpaired) electrons. The molecule has 1 N–H and O–H groups in total. The number of rotatable bonds is 6. The number of carbonyl (C=O) groups excluding carboxylic acids is 1. The highest BCUT2D eigenvalue weighted by Crippen LogP contribution is 2.22. The molecule has 2 heterocycles. The fourth-order valence-electron chi connectivity index (χ4n) is 3.26. The number of pyridine rings is 1. The first-order valence-corrected chi connectivity index (χ1v) is 8.97. The maximum absolute atomic E-state index is 12.9. The second-order valence-electron chi connectivity index (χ2n) is 6.44. The van der Waals surface area contributed by atoms with E-state index in [0.29, 0.717) is 11.6 Å². The van der Waals surface area contributed by atoms with Crippen LogP contribution in [0.25, 0.3) is 0 Å². The summed E-state index contributed by atoms with van der Waals surface area (Å²) in [5, 5.41) is 3.34. The molecule has 1 fully saturated rings. The minimum absolute atomic E-state index is 0. The standard InChI is InChI=1S/C20H26N4O.2ClH/c1-3-13-24(18-11-12-21-15-18)20(25)16-9-10-19(22-14-16)23(2)17-7-5-4-6-8-17;;/h4-10,14,18,21H,3,11-13,15H2,1-2H3;2*1H. The van der Waals surface area contributed by atoms with E-state index in [4.69, 9.17) is 0 Å². The molecule has 1 saturated heterocycles. The molecule has 0 saturated carbocycles. The molecule has 27 heavy (non-hydrogen) atoms. The fraction of sp³-hybridized carbons (Fsp3) is 0.400. The zero-order chi connectivity index (χ0) is 17.6. The van der Waals surface area contributed by atoms with E-state index < -0.39 is 0 Å². The van der Waals surface area contributed by atoms with E-state index in [9.17, 15) is 4.79 Å². The lowest BCUT2D eigenvalue weighted by Crippen LogP contribution is -2.42. The van der Waals surface area contributed by atoms with Crippen molar-refractivity contribution in [2.24, 2.45) is 0 Å². The summed E-state index contributed by atoms with van der Waals surface area (Å²) in [6, 6.07) is 14.2. The largest absolute Gasteiger partial charge is 0.334 e. The van der Waals surface area contributed by atoms with Gasteiger partial charge in [-0.3, -0.25) is 4.79 Å². The Labute approximate surface area is 174 Å². The van der Waals surface area contributed by atoms with Crippen molar-refractivity contribution in [1.29, 1.82) is 0 Å². The van der Waals surface area contributed by atoms with Gasteiger partial charge in [0.25, 0.3) is 5.91 Å². The Kier molecular flexibility index (Phi) is 9.56. The van der Waals surface area contributed by atoms with Crippen LogP contribution >= 0.6 is 24.8 Å². The molecule has 5 nitrogen and oxygen atoms in total. The maximum Gasteiger partial charge on any atom is 0.255 e. The molecule has 7 heteroatoms. The van der Waals surface area contributed by atoms with Gasteiger partial charge in [-0.05, 0) is 43.7 Å². The molecule has 1 aliphatic rings. The van der Waals surface area contributed by atoms with Crippen LogP contribution in [0.4, 0.5) is 11.5 Å². The van der Waals surface area contributed by atoms with E-state index in [2.05, 4.69) is 17.2 Å². The number of hydrogen-bond donors (Lipinski definition) is 1. The van der Waals surface area contributed by atoms with Crippen LogP contribution in [-0.4, -0.2) is 48.5 Å². The topological polar surface area (TPSA) is 48.5 Å². The molecule has 148 valence electrons. The Balaban J connectivity index is 0.00000182. The zero-order valence-electron chi connectivity index (χ0n) is 15.8. The second-order valence-corrected chi connectivity index (χ2v) is 6.44. The highest BCUT2D eigenvalue weighted by atomic mass is 35.5. The lowest BCUT2D eigenvalue weighted by molar-refractivity contribution is 0.0692. The van der Waals surface area contributed by atoms with E-state index in [1.807, 2.05) is 59.3 Å². The molecule has 3 rings (SSSR count). The number of para-hydroxylation sites is 1. The molecule has 0 aliphatic carbocycles. The average Bonchev–Trinajstić information content (AvgIpc) is 3.20. The van der Waals surface area contributed by atoms with Gasteiger partial charge in [0.1, 0.15) is 5.82 Å². The molecule has 1 unspecified atom stereocenters. The van der Waals surface area contributed by atoms with Gasteiger partial charge in [0.2, 0.25) is 0 Å². The van der Waals surface area contributed by atoms with Crippen LogP contribution in [0, 0.1) is 0 Å². The van der Waals surface area contributed by atoms with E-state index in [0.717, 1.165) is 44.0 Å². The first kappa shape index (κ1) is 23.2. The second kappa shape index (κ2) is 11.1. The van der Waals surface area contributed by atoms with Crippen LogP contribution < -0.4 is 10.2 Å². The van der Waals surface area contributed by atoms with Crippen LogP contribution in [0.15, 0.2) is 48.7 Å². The summed E-state index contributed by atoms with van der Waals surface area (Å²) >= 11 is 0. The van der Waals surface area contributed by atoms with Gasteiger partial charge in [0.15, 0.2) is 0 Å². The SMILES string of the molecule is CCCN(C(=O)c1ccc(N(C)c2ccccc2)nc1)C1CCNC1.Cl.Cl. The summed E-state index contributed by atoms with van der Waals surface area (Å²) in [5.41, 5.74) is 1.73. The van der Waals surface area contributed by atoms with Gasteiger partial charge >= 0.3 is 0 Å². The predicted molar refractivity (Wildman–Crippen MR) is 116 cm³/mol. The van der Waals surface area contributed by atoms with E-state index in [1.54, 1.807) is 6.20 Å². The number of anilines is 2. The van der Waals surface area contributed by atoms with E-state index in [-0.39, 0.29) is 30.7 Å². The third-order valence-electron chi connectivity index (χ3n) is 4.68. The van der Waals surface area contributed by atoms with Crippen molar-refractivity contribution in [1.82, 2.24) is 15.2 Å². The number of nitrogens with zero attached hydrogens (tertiary/aromatic N) is 3. The summed E-state index contributed by atoms with van der Waals surface area (Å²) in [7, 11) is 1.98. The first-order chi connectivity index (χ1) is 12.2. The van der Waals surface area contributed by atoms with Crippen molar-refractivity contribution >= 4 is 42.2 Å². The minimum atomic E-state index is 0. The Bertz CT molecular complexity index is 691. The number of nitrogens with one attached hydrogen (secondary N) is 1. The van der Waals surface area contributed by atoms with Crippen LogP contribution in [0.3, 0.4) is 0 Å². The van der Waals surface area contributed by atoms with Gasteiger partial charge in [-0.1, -0.05) is 25.1 Å². The number of amides is 1. The minimum Gasteiger partial charge on any atom is -0.334 e. The van der Waals surface area contributed by atoms with Gasteiger partial charge in [-0.15, -0.1) is 24.8 Å². The van der Waals surface area contributed by atoms with Gasteiger partial charge < -0.3 is 15.1 Å². The summed E-state index contributed by atoms with van der Waals surface area (Å²) in [5.74, 6) is 0.907. The number of halogens is 2. The van der Waals surface area contributed by atoms with Crippen molar-refractivity contribution in [3.63, 3.8) is 0 Å². The van der Waals surface area contributed by atoms with E-state index >= 15 is 0 Å². The lowest BCUT2D eigenvalue weighted by atomic mass is 10.1. The Morgan fingerprint density at radius 1 is 1.19 bits per heavy atom. The zero-order valence-corrected chi connectivity index (χ0v) is 17.4. The number of aromatic nitrogens is 1. The van der Waals surface area contributed by atoms with Crippen molar-refractivity contribution in [2.45, 2.75) is 25.8 Å². The molecule has 2 aromatic rings. The summed E-state index contributed by atoms with van der Waals surface area (Å²) < 4.78 is 0. The van der Waals surface area contributed by atoms with Crippen LogP contribution in [0.1, 0.15) is 30.1 Å². The Hall–Kier alpha value is -1.82. The molecule has 1 amide bonds. The van der Waals surface area contributed by atoms with Crippen molar-refractivity contribution in [3.8, 4) is 0 Å². The number of carbonyl (C=O) groups is 1. The summed E-state index contributed by atoms with van der Waals surface area (Å²) in [6.07, 6.45) is 3.68. The Morgan fingerprint density at radius 2 is 1.93 bits per heavy atom. The van der Waals surface area contributed by atoms with Crippen molar-refractivity contribution in [2.75, 3.05) is 31.6 Å². The Morgan fingerprint density at radius 3 is 2.48 bits per heavy atom. The lowest BCUT2D eigenvalue weighted by Gasteiger charge is -2.28. The van der Waals surface area contributed by atoms with Gasteiger partial charge in [0, 0.05) is 38.1 Å². The van der Waals surface area contributed by atoms with Crippen LogP contribution in [0.2, 0.25) is 0 Å². The van der Waals surface area contributed by atoms with Crippen LogP contribution in [0.5, 0.6) is 0 Å². The number of benzene rings is 1. The van der Waals surface area contributed by atoms with Gasteiger partial charge in [-0.25, -0.2) is 4.98 Å². The maximum atomic E-state index is 12.9. The molecule has 1 aromatic heterocycles. The summed E-state index contributed by atoms with van der Waals surface area (Å²) in [4.78, 5) is 21.4. The normalized spacial score (nSPS) is 15.4. The fourth-order valence-corrected chi connectivity index (χ4v) is 3.26. The molecule has 1 aliphatic heterocycles. The highest BCUT2D eigenvalue weighted by molar-refractivity contribution is 5.94. The third kappa shape index (κ3) is 5.58. The van der Waals surface area contributed by atoms with Crippen molar-refractivity contribution < 1.29 is 4.79 Å². The first-order valence-electron chi connectivity index (χ1n) is 8.97. The predicted octanol–water partition coefficient (Wildman–Crippen LogP) is 3.91. The molecule has 1 aromatic carbocycles. The molecule has 0 spiro atoms. The molecule has 0 bridgehead atoms. The molecular weight excluding hydrogens is 383 g/mol. The molecule has 1 atom stereocenters. The summed E-state index contributed by atoms with van der Waals surface area (Å²) in [6.45, 7) is 4.76. The quantitative estimate of drug-likeness (QED) is 0.783. The third-order valence-corrected chi connectivity index (χ3v) is 4.68. The van der Waals surface area contributed by atoms with E-state index in [1.165, 1.54) is 0 Å². The van der Waals surface area contributed by atoms with Gasteiger partial charge in [0.05, 0.1) is 5.56 Å².